The molecule has 1 aromatic heterocycles. The van der Waals surface area contributed by atoms with Crippen LogP contribution in [0.1, 0.15) is 37.1 Å². The highest BCUT2D eigenvalue weighted by atomic mass is 15.4. The van der Waals surface area contributed by atoms with Crippen LogP contribution in [0.5, 0.6) is 0 Å². The van der Waals surface area contributed by atoms with Crippen LogP contribution in [0.15, 0.2) is 0 Å². The van der Waals surface area contributed by atoms with Crippen LogP contribution in [0, 0.1) is 0 Å². The number of hydrogen-bond donors (Lipinski definition) is 1. The summed E-state index contributed by atoms with van der Waals surface area (Å²) in [5, 5.41) is 8.31. The zero-order valence-corrected chi connectivity index (χ0v) is 8.03. The lowest BCUT2D eigenvalue weighted by atomic mass is 9.90. The molecule has 1 unspecified atom stereocenters. The summed E-state index contributed by atoms with van der Waals surface area (Å²) in [5.41, 5.74) is 8.19. The van der Waals surface area contributed by atoms with E-state index in [1.165, 1.54) is 24.2 Å². The van der Waals surface area contributed by atoms with Gasteiger partial charge in [0.25, 0.3) is 0 Å². The maximum Gasteiger partial charge on any atom is 0.0862 e. The molecule has 1 heterocycles. The van der Waals surface area contributed by atoms with Crippen LogP contribution in [0.3, 0.4) is 0 Å². The highest BCUT2D eigenvalue weighted by Crippen LogP contribution is 2.28. The second-order valence-electron chi connectivity index (χ2n) is 3.56. The van der Waals surface area contributed by atoms with Crippen molar-refractivity contribution in [1.29, 1.82) is 0 Å². The van der Waals surface area contributed by atoms with Crippen LogP contribution in [-0.2, 0) is 13.0 Å². The number of fused-ring (bicyclic) bond motifs is 1. The van der Waals surface area contributed by atoms with Crippen LogP contribution in [0.2, 0.25) is 0 Å². The van der Waals surface area contributed by atoms with Gasteiger partial charge in [0.05, 0.1) is 11.4 Å². The second-order valence-corrected chi connectivity index (χ2v) is 3.56. The first-order valence-corrected chi connectivity index (χ1v) is 4.99. The zero-order valence-electron chi connectivity index (χ0n) is 8.03. The summed E-state index contributed by atoms with van der Waals surface area (Å²) in [7, 11) is 0. The number of aromatic nitrogens is 3. The molecule has 0 saturated carbocycles. The Bertz CT molecular complexity index is 278. The average molecular weight is 180 g/mol. The van der Waals surface area contributed by atoms with E-state index in [0.717, 1.165) is 19.5 Å². The van der Waals surface area contributed by atoms with Gasteiger partial charge in [0.2, 0.25) is 0 Å². The lowest BCUT2D eigenvalue weighted by Crippen LogP contribution is -2.21. The van der Waals surface area contributed by atoms with E-state index >= 15 is 0 Å². The predicted octanol–water partition coefficient (Wildman–Crippen LogP) is 0.677. The van der Waals surface area contributed by atoms with E-state index in [2.05, 4.69) is 17.2 Å². The first-order chi connectivity index (χ1) is 6.36. The molecule has 0 bridgehead atoms. The molecule has 72 valence electrons. The van der Waals surface area contributed by atoms with Gasteiger partial charge in [-0.1, -0.05) is 5.21 Å². The highest BCUT2D eigenvalue weighted by molar-refractivity contribution is 5.19. The minimum absolute atomic E-state index is 0.485. The summed E-state index contributed by atoms with van der Waals surface area (Å²) in [6, 6.07) is 0. The van der Waals surface area contributed by atoms with E-state index in [-0.39, 0.29) is 0 Å². The molecule has 0 amide bonds. The molecule has 4 nitrogen and oxygen atoms in total. The highest BCUT2D eigenvalue weighted by Gasteiger charge is 2.24. The van der Waals surface area contributed by atoms with Gasteiger partial charge in [-0.15, -0.1) is 5.10 Å². The molecule has 1 aliphatic rings. The van der Waals surface area contributed by atoms with Gasteiger partial charge < -0.3 is 5.73 Å². The molecule has 0 fully saturated rings. The van der Waals surface area contributed by atoms with Crippen LogP contribution < -0.4 is 5.73 Å². The summed E-state index contributed by atoms with van der Waals surface area (Å²) in [6.07, 6.45) is 3.47. The standard InChI is InChI=1S/C9H16N4/c1-2-13-9-7(6-10)4-3-5-8(9)11-12-13/h7H,2-6,10H2,1H3. The van der Waals surface area contributed by atoms with Crippen molar-refractivity contribution in [2.45, 2.75) is 38.6 Å². The van der Waals surface area contributed by atoms with Gasteiger partial charge >= 0.3 is 0 Å². The third-order valence-electron chi connectivity index (χ3n) is 2.78. The fourth-order valence-electron chi connectivity index (χ4n) is 2.10. The molecule has 4 heteroatoms. The molecule has 0 radical (unpaired) electrons. The first-order valence-electron chi connectivity index (χ1n) is 4.99. The summed E-state index contributed by atoms with van der Waals surface area (Å²) in [5.74, 6) is 0.485. The lowest BCUT2D eigenvalue weighted by molar-refractivity contribution is 0.501. The molecule has 0 aromatic carbocycles. The van der Waals surface area contributed by atoms with Crippen LogP contribution in [0.25, 0.3) is 0 Å². The van der Waals surface area contributed by atoms with Crippen LogP contribution in [0.4, 0.5) is 0 Å². The molecular formula is C9H16N4. The molecule has 1 aliphatic carbocycles. The number of hydrogen-bond acceptors (Lipinski definition) is 3. The average Bonchev–Trinajstić information content (AvgIpc) is 2.60. The van der Waals surface area contributed by atoms with Crippen molar-refractivity contribution in [3.63, 3.8) is 0 Å². The molecule has 0 spiro atoms. The van der Waals surface area contributed by atoms with Crippen molar-refractivity contribution >= 4 is 0 Å². The Morgan fingerprint density at radius 2 is 2.46 bits per heavy atom. The van der Waals surface area contributed by atoms with E-state index in [4.69, 9.17) is 5.73 Å². The quantitative estimate of drug-likeness (QED) is 0.728. The second kappa shape index (κ2) is 3.46. The zero-order chi connectivity index (χ0) is 9.26. The number of rotatable bonds is 2. The van der Waals surface area contributed by atoms with Gasteiger partial charge in [-0.25, -0.2) is 4.68 Å². The first kappa shape index (κ1) is 8.69. The third kappa shape index (κ3) is 1.35. The van der Waals surface area contributed by atoms with Gasteiger partial charge in [0, 0.05) is 19.0 Å². The Balaban J connectivity index is 2.39. The molecule has 2 N–H and O–H groups in total. The summed E-state index contributed by atoms with van der Waals surface area (Å²) in [4.78, 5) is 0. The topological polar surface area (TPSA) is 56.7 Å². The van der Waals surface area contributed by atoms with Gasteiger partial charge in [-0.2, -0.15) is 0 Å². The van der Waals surface area contributed by atoms with Gasteiger partial charge in [0.1, 0.15) is 0 Å². The van der Waals surface area contributed by atoms with Crippen molar-refractivity contribution < 1.29 is 0 Å². The summed E-state index contributed by atoms with van der Waals surface area (Å²) >= 11 is 0. The molecule has 2 rings (SSSR count). The fourth-order valence-corrected chi connectivity index (χ4v) is 2.10. The van der Waals surface area contributed by atoms with Gasteiger partial charge in [-0.3, -0.25) is 0 Å². The Kier molecular flexibility index (Phi) is 2.31. The Labute approximate surface area is 78.1 Å². The van der Waals surface area contributed by atoms with E-state index < -0.39 is 0 Å². The van der Waals surface area contributed by atoms with Crippen molar-refractivity contribution in [2.24, 2.45) is 5.73 Å². The smallest absolute Gasteiger partial charge is 0.0862 e. The van der Waals surface area contributed by atoms with Crippen molar-refractivity contribution in [2.75, 3.05) is 6.54 Å². The van der Waals surface area contributed by atoms with E-state index in [1.54, 1.807) is 0 Å². The lowest BCUT2D eigenvalue weighted by Gasteiger charge is -2.20. The van der Waals surface area contributed by atoms with E-state index in [1.807, 2.05) is 4.68 Å². The van der Waals surface area contributed by atoms with Crippen molar-refractivity contribution in [1.82, 2.24) is 15.0 Å². The normalized spacial score (nSPS) is 21.5. The van der Waals surface area contributed by atoms with E-state index in [9.17, 15) is 0 Å². The van der Waals surface area contributed by atoms with Crippen LogP contribution >= 0.6 is 0 Å². The molecule has 0 saturated heterocycles. The van der Waals surface area contributed by atoms with E-state index in [0.29, 0.717) is 5.92 Å². The summed E-state index contributed by atoms with van der Waals surface area (Å²) in [6.45, 7) is 3.72. The van der Waals surface area contributed by atoms with Crippen molar-refractivity contribution in [3.8, 4) is 0 Å². The minimum Gasteiger partial charge on any atom is -0.330 e. The van der Waals surface area contributed by atoms with Gasteiger partial charge in [0.15, 0.2) is 0 Å². The fraction of sp³-hybridized carbons (Fsp3) is 0.778. The monoisotopic (exact) mass is 180 g/mol. The largest absolute Gasteiger partial charge is 0.330 e. The number of aryl methyl sites for hydroxylation is 2. The number of nitrogens with two attached hydrogens (primary N) is 1. The van der Waals surface area contributed by atoms with Gasteiger partial charge in [-0.05, 0) is 26.2 Å². The molecule has 13 heavy (non-hydrogen) atoms. The molecule has 0 aliphatic heterocycles. The van der Waals surface area contributed by atoms with Crippen molar-refractivity contribution in [3.05, 3.63) is 11.4 Å². The molecular weight excluding hydrogens is 164 g/mol. The minimum atomic E-state index is 0.485. The maximum atomic E-state index is 5.73. The van der Waals surface area contributed by atoms with Crippen LogP contribution in [-0.4, -0.2) is 21.5 Å². The molecule has 1 aromatic rings. The summed E-state index contributed by atoms with van der Waals surface area (Å²) < 4.78 is 1.99. The Morgan fingerprint density at radius 3 is 3.15 bits per heavy atom. The third-order valence-corrected chi connectivity index (χ3v) is 2.78. The SMILES string of the molecule is CCn1nnc2c1C(CN)CCC2. The Morgan fingerprint density at radius 1 is 1.62 bits per heavy atom. The predicted molar refractivity (Wildman–Crippen MR) is 50.4 cm³/mol. The molecule has 1 atom stereocenters. The number of nitrogens with zero attached hydrogens (tertiary/aromatic N) is 3. The Hall–Kier alpha value is -0.900. The maximum absolute atomic E-state index is 5.73.